The molecule has 0 aliphatic carbocycles. The molecule has 78 valence electrons. The molecule has 1 rings (SSSR count). The Labute approximate surface area is 81.9 Å². The van der Waals surface area contributed by atoms with Gasteiger partial charge in [0, 0.05) is 19.1 Å². The molecule has 1 heterocycles. The first kappa shape index (κ1) is 11.0. The normalized spacial score (nSPS) is 24.7. The molecule has 2 N–H and O–H groups in total. The summed E-state index contributed by atoms with van der Waals surface area (Å²) >= 11 is 0. The van der Waals surface area contributed by atoms with E-state index in [1.165, 1.54) is 32.4 Å². The number of rotatable bonds is 4. The first-order chi connectivity index (χ1) is 6.29. The Morgan fingerprint density at radius 1 is 1.31 bits per heavy atom. The van der Waals surface area contributed by atoms with Crippen LogP contribution in [0.4, 0.5) is 0 Å². The van der Waals surface area contributed by atoms with Crippen LogP contribution in [-0.2, 0) is 0 Å². The minimum absolute atomic E-state index is 0.745. The van der Waals surface area contributed by atoms with Crippen molar-refractivity contribution in [2.75, 3.05) is 40.3 Å². The van der Waals surface area contributed by atoms with Crippen molar-refractivity contribution in [1.82, 2.24) is 15.5 Å². The van der Waals surface area contributed by atoms with Crippen LogP contribution in [0.25, 0.3) is 0 Å². The van der Waals surface area contributed by atoms with E-state index in [4.69, 9.17) is 0 Å². The molecular weight excluding hydrogens is 162 g/mol. The van der Waals surface area contributed by atoms with Crippen molar-refractivity contribution in [3.8, 4) is 0 Å². The van der Waals surface area contributed by atoms with Crippen molar-refractivity contribution < 1.29 is 0 Å². The summed E-state index contributed by atoms with van der Waals surface area (Å²) in [5.74, 6) is 0. The highest BCUT2D eigenvalue weighted by Gasteiger charge is 2.10. The van der Waals surface area contributed by atoms with E-state index in [9.17, 15) is 0 Å². The van der Waals surface area contributed by atoms with Crippen molar-refractivity contribution in [2.24, 2.45) is 0 Å². The lowest BCUT2D eigenvalue weighted by Gasteiger charge is -2.17. The fourth-order valence-electron chi connectivity index (χ4n) is 1.72. The molecule has 1 saturated heterocycles. The number of nitrogens with one attached hydrogen (secondary N) is 2. The number of hydrogen-bond acceptors (Lipinski definition) is 3. The first-order valence-electron chi connectivity index (χ1n) is 5.38. The van der Waals surface area contributed by atoms with Gasteiger partial charge in [-0.25, -0.2) is 0 Å². The molecule has 1 atom stereocenters. The van der Waals surface area contributed by atoms with Gasteiger partial charge in [0.15, 0.2) is 0 Å². The Balaban J connectivity index is 2.05. The first-order valence-corrected chi connectivity index (χ1v) is 5.38. The second-order valence-electron chi connectivity index (χ2n) is 4.14. The summed E-state index contributed by atoms with van der Waals surface area (Å²) < 4.78 is 0. The molecule has 0 aromatic rings. The summed E-state index contributed by atoms with van der Waals surface area (Å²) in [7, 11) is 4.24. The topological polar surface area (TPSA) is 27.3 Å². The zero-order valence-corrected chi connectivity index (χ0v) is 8.97. The third kappa shape index (κ3) is 5.24. The summed E-state index contributed by atoms with van der Waals surface area (Å²) in [6.07, 6.45) is 3.94. The molecule has 1 aliphatic rings. The smallest absolute Gasteiger partial charge is 0.0101 e. The maximum absolute atomic E-state index is 3.61. The van der Waals surface area contributed by atoms with Gasteiger partial charge in [-0.2, -0.15) is 0 Å². The van der Waals surface area contributed by atoms with Gasteiger partial charge in [0.05, 0.1) is 0 Å². The van der Waals surface area contributed by atoms with Gasteiger partial charge in [-0.1, -0.05) is 0 Å². The molecule has 0 aromatic carbocycles. The fraction of sp³-hybridized carbons (Fsp3) is 1.00. The van der Waals surface area contributed by atoms with Crippen LogP contribution in [0.3, 0.4) is 0 Å². The molecule has 1 fully saturated rings. The van der Waals surface area contributed by atoms with Crippen LogP contribution in [0.5, 0.6) is 0 Å². The Kier molecular flexibility index (Phi) is 5.35. The standard InChI is InChI=1S/C10H23N3/c1-13(2)9-8-12-10-4-3-6-11-7-5-10/h10-12H,3-9H2,1-2H3. The largest absolute Gasteiger partial charge is 0.317 e. The average molecular weight is 185 g/mol. The zero-order chi connectivity index (χ0) is 9.52. The van der Waals surface area contributed by atoms with Crippen LogP contribution in [0, 0.1) is 0 Å². The lowest BCUT2D eigenvalue weighted by Crippen LogP contribution is -2.35. The van der Waals surface area contributed by atoms with E-state index in [0.717, 1.165) is 19.1 Å². The van der Waals surface area contributed by atoms with Crippen LogP contribution < -0.4 is 10.6 Å². The van der Waals surface area contributed by atoms with E-state index in [2.05, 4.69) is 29.6 Å². The van der Waals surface area contributed by atoms with E-state index < -0.39 is 0 Å². The molecule has 1 unspecified atom stereocenters. The van der Waals surface area contributed by atoms with Crippen molar-refractivity contribution in [3.63, 3.8) is 0 Å². The maximum Gasteiger partial charge on any atom is 0.0101 e. The summed E-state index contributed by atoms with van der Waals surface area (Å²) in [6, 6.07) is 0.745. The zero-order valence-electron chi connectivity index (χ0n) is 8.97. The van der Waals surface area contributed by atoms with Gasteiger partial charge in [-0.15, -0.1) is 0 Å². The predicted octanol–water partition coefficient (Wildman–Crippen LogP) is 0.280. The molecule has 0 spiro atoms. The van der Waals surface area contributed by atoms with E-state index in [1.807, 2.05) is 0 Å². The monoisotopic (exact) mass is 185 g/mol. The summed E-state index contributed by atoms with van der Waals surface area (Å²) in [4.78, 5) is 2.22. The van der Waals surface area contributed by atoms with Gasteiger partial charge in [-0.3, -0.25) is 0 Å². The highest BCUT2D eigenvalue weighted by Crippen LogP contribution is 2.03. The molecule has 3 heteroatoms. The molecule has 3 nitrogen and oxygen atoms in total. The predicted molar refractivity (Wildman–Crippen MR) is 57.1 cm³/mol. The lowest BCUT2D eigenvalue weighted by molar-refractivity contribution is 0.373. The highest BCUT2D eigenvalue weighted by atomic mass is 15.1. The van der Waals surface area contributed by atoms with Gasteiger partial charge in [0.2, 0.25) is 0 Å². The minimum atomic E-state index is 0.745. The molecule has 1 aliphatic heterocycles. The van der Waals surface area contributed by atoms with Gasteiger partial charge in [0.25, 0.3) is 0 Å². The van der Waals surface area contributed by atoms with E-state index in [-0.39, 0.29) is 0 Å². The quantitative estimate of drug-likeness (QED) is 0.659. The van der Waals surface area contributed by atoms with Crippen LogP contribution in [-0.4, -0.2) is 51.2 Å². The number of likely N-dealkylation sites (N-methyl/N-ethyl adjacent to an activating group) is 1. The van der Waals surface area contributed by atoms with Crippen LogP contribution in [0.1, 0.15) is 19.3 Å². The summed E-state index contributed by atoms with van der Waals surface area (Å²) in [5, 5.41) is 7.04. The fourth-order valence-corrected chi connectivity index (χ4v) is 1.72. The van der Waals surface area contributed by atoms with Gasteiger partial charge >= 0.3 is 0 Å². The minimum Gasteiger partial charge on any atom is -0.317 e. The van der Waals surface area contributed by atoms with Crippen molar-refractivity contribution in [1.29, 1.82) is 0 Å². The summed E-state index contributed by atoms with van der Waals surface area (Å²) in [6.45, 7) is 4.65. The SMILES string of the molecule is CN(C)CCNC1CCCNCC1. The third-order valence-electron chi connectivity index (χ3n) is 2.57. The molecule has 0 saturated carbocycles. The Hall–Kier alpha value is -0.120. The average Bonchev–Trinajstić information content (AvgIpc) is 2.32. The van der Waals surface area contributed by atoms with Gasteiger partial charge < -0.3 is 15.5 Å². The molecule has 0 aromatic heterocycles. The van der Waals surface area contributed by atoms with Crippen molar-refractivity contribution in [2.45, 2.75) is 25.3 Å². The van der Waals surface area contributed by atoms with Crippen LogP contribution in [0.2, 0.25) is 0 Å². The van der Waals surface area contributed by atoms with Crippen molar-refractivity contribution >= 4 is 0 Å². The Morgan fingerprint density at radius 2 is 2.15 bits per heavy atom. The van der Waals surface area contributed by atoms with Crippen LogP contribution >= 0.6 is 0 Å². The number of nitrogens with zero attached hydrogens (tertiary/aromatic N) is 1. The summed E-state index contributed by atoms with van der Waals surface area (Å²) in [5.41, 5.74) is 0. The number of hydrogen-bond donors (Lipinski definition) is 2. The molecule has 13 heavy (non-hydrogen) atoms. The molecule has 0 bridgehead atoms. The van der Waals surface area contributed by atoms with Gasteiger partial charge in [-0.05, 0) is 46.4 Å². The third-order valence-corrected chi connectivity index (χ3v) is 2.57. The maximum atomic E-state index is 3.61. The Bertz CT molecular complexity index is 117. The highest BCUT2D eigenvalue weighted by molar-refractivity contribution is 4.72. The van der Waals surface area contributed by atoms with Crippen molar-refractivity contribution in [3.05, 3.63) is 0 Å². The van der Waals surface area contributed by atoms with Crippen LogP contribution in [0.15, 0.2) is 0 Å². The molecule has 0 amide bonds. The second-order valence-corrected chi connectivity index (χ2v) is 4.14. The van der Waals surface area contributed by atoms with E-state index in [1.54, 1.807) is 0 Å². The molecule has 0 radical (unpaired) electrons. The van der Waals surface area contributed by atoms with Gasteiger partial charge in [0.1, 0.15) is 0 Å². The van der Waals surface area contributed by atoms with E-state index in [0.29, 0.717) is 0 Å². The second kappa shape index (κ2) is 6.35. The molecular formula is C10H23N3. The van der Waals surface area contributed by atoms with E-state index >= 15 is 0 Å². The lowest BCUT2D eigenvalue weighted by atomic mass is 10.1. The Morgan fingerprint density at radius 3 is 2.92 bits per heavy atom.